The van der Waals surface area contributed by atoms with Crippen LogP contribution in [0.3, 0.4) is 0 Å². The third-order valence-corrected chi connectivity index (χ3v) is 37.8. The summed E-state index contributed by atoms with van der Waals surface area (Å²) in [4.78, 5) is 0. The van der Waals surface area contributed by atoms with Gasteiger partial charge in [0.25, 0.3) is 0 Å². The Morgan fingerprint density at radius 3 is 1.27 bits per heavy atom. The van der Waals surface area contributed by atoms with E-state index < -0.39 is 43.4 Å². The fourth-order valence-electron chi connectivity index (χ4n) is 10.7. The summed E-state index contributed by atoms with van der Waals surface area (Å²) >= 11 is -3.59. The molecule has 0 radical (unpaired) electrons. The standard InChI is InChI=1S/2C20H18F3.C6H10.2ClH.Hf/c2*1-2-3-5-14-12-16-6-4-7-18(19(16)13-14)15-8-10-17(11-9-15)20(21,22)23;1-2-4-6-5-3-1;;;/h2*4,6-13H,2-3,5H2,1H3;1-2H,3-6H2;2*1H;/q;;;;;+2/p-2. The fraction of sp³-hybridized carbons (Fsp3) is 0.391. The maximum absolute atomic E-state index is 13.5. The summed E-state index contributed by atoms with van der Waals surface area (Å²) in [6.45, 7) is 4.48. The normalized spacial score (nSPS) is 22.6. The van der Waals surface area contributed by atoms with Crippen LogP contribution >= 0.6 is 0 Å². The van der Waals surface area contributed by atoms with Gasteiger partial charge >= 0.3 is 315 Å². The Hall–Kier alpha value is -2.61. The third-order valence-electron chi connectivity index (χ3n) is 12.9. The van der Waals surface area contributed by atoms with Crippen LogP contribution in [0.15, 0.2) is 96.1 Å². The van der Waals surface area contributed by atoms with E-state index >= 15 is 0 Å². The molecule has 4 aliphatic rings. The monoisotopic (exact) mass is 962 g/mol. The van der Waals surface area contributed by atoms with Crippen LogP contribution in [0.5, 0.6) is 0 Å². The van der Waals surface area contributed by atoms with Gasteiger partial charge in [-0.1, -0.05) is 0 Å². The number of halogens is 8. The van der Waals surface area contributed by atoms with Gasteiger partial charge in [-0.2, -0.15) is 0 Å². The molecule has 1 saturated carbocycles. The third kappa shape index (κ3) is 7.37. The Bertz CT molecular complexity index is 1910. The summed E-state index contributed by atoms with van der Waals surface area (Å²) in [6, 6.07) is 24.4. The van der Waals surface area contributed by atoms with Gasteiger partial charge < -0.3 is 24.8 Å². The van der Waals surface area contributed by atoms with E-state index in [1.54, 1.807) is 35.4 Å². The predicted molar refractivity (Wildman–Crippen MR) is 200 cm³/mol. The van der Waals surface area contributed by atoms with E-state index in [2.05, 4.69) is 62.4 Å². The number of allylic oxidation sites excluding steroid dienone is 2. The first kappa shape index (κ1) is 42.0. The van der Waals surface area contributed by atoms with Crippen molar-refractivity contribution in [3.8, 4) is 22.3 Å². The van der Waals surface area contributed by atoms with Gasteiger partial charge in [0, 0.05) is 0 Å². The molecule has 4 aromatic carbocycles. The van der Waals surface area contributed by atoms with Crippen molar-refractivity contribution in [2.45, 2.75) is 105 Å². The number of hydrogen-bond acceptors (Lipinski definition) is 0. The summed E-state index contributed by atoms with van der Waals surface area (Å²) in [5, 5.41) is 0. The van der Waals surface area contributed by atoms with Crippen molar-refractivity contribution >= 4 is 12.2 Å². The molecule has 8 rings (SSSR count). The number of fused-ring (bicyclic) bond motifs is 3. The first-order valence-corrected chi connectivity index (χ1v) is 27.8. The first-order valence-electron chi connectivity index (χ1n) is 19.5. The van der Waals surface area contributed by atoms with E-state index in [1.165, 1.54) is 72.2 Å². The number of benzene rings is 4. The molecule has 4 unspecified atom stereocenters. The molecule has 0 N–H and O–H groups in total. The topological polar surface area (TPSA) is 0 Å². The zero-order valence-corrected chi connectivity index (χ0v) is 36.2. The minimum atomic E-state index is -4.38. The van der Waals surface area contributed by atoms with Crippen LogP contribution in [0, 0.1) is 0 Å². The maximum atomic E-state index is 13.5. The SMILES string of the molecule is CCCCC1=Cc2c(-c3ccc(C(F)(F)F)cc3)cccc2[CH]1[Hf+2]1([CH]2C(CCCC)=Cc3c(-c4ccc(C(F)(F)F)cc4)cccc32)[CH]2CCCC[CH]21.[Cl-].[Cl-]. The molecule has 1 saturated heterocycles. The summed E-state index contributed by atoms with van der Waals surface area (Å²) in [5.74, 6) is 0. The average Bonchev–Trinajstić information content (AvgIpc) is 3.42. The molecule has 4 atom stereocenters. The smallest absolute Gasteiger partial charge is 1.00 e. The van der Waals surface area contributed by atoms with Crippen LogP contribution in [0.2, 0.25) is 7.35 Å². The predicted octanol–water partition coefficient (Wildman–Crippen LogP) is 9.34. The molecule has 1 heterocycles. The summed E-state index contributed by atoms with van der Waals surface area (Å²) in [6.07, 6.45) is 7.66. The molecule has 3 aliphatic carbocycles. The molecule has 290 valence electrons. The van der Waals surface area contributed by atoms with Crippen LogP contribution < -0.4 is 24.8 Å². The molecular formula is C46H46Cl2F6Hf. The van der Waals surface area contributed by atoms with Gasteiger partial charge in [0.2, 0.25) is 0 Å². The second-order valence-corrected chi connectivity index (χ2v) is 32.4. The number of alkyl halides is 6. The van der Waals surface area contributed by atoms with Gasteiger partial charge in [0.05, 0.1) is 0 Å². The molecule has 9 heteroatoms. The molecule has 0 spiro atoms. The van der Waals surface area contributed by atoms with Crippen molar-refractivity contribution < 1.29 is 71.1 Å². The first-order chi connectivity index (χ1) is 25.5. The zero-order chi connectivity index (χ0) is 37.1. The second kappa shape index (κ2) is 16.3. The van der Waals surface area contributed by atoms with Gasteiger partial charge in [-0.15, -0.1) is 0 Å². The number of unbranched alkanes of at least 4 members (excludes halogenated alkanes) is 2. The molecule has 0 aromatic heterocycles. The van der Waals surface area contributed by atoms with Gasteiger partial charge in [0.15, 0.2) is 0 Å². The van der Waals surface area contributed by atoms with Crippen molar-refractivity contribution in [3.05, 3.63) is 129 Å². The van der Waals surface area contributed by atoms with Crippen molar-refractivity contribution in [2.24, 2.45) is 0 Å². The van der Waals surface area contributed by atoms with E-state index in [1.807, 2.05) is 0 Å². The largest absolute Gasteiger partial charge is 1.00 e. The second-order valence-electron chi connectivity index (χ2n) is 15.8. The van der Waals surface area contributed by atoms with Gasteiger partial charge in [-0.05, 0) is 0 Å². The van der Waals surface area contributed by atoms with Gasteiger partial charge in [-0.25, -0.2) is 0 Å². The van der Waals surface area contributed by atoms with Crippen molar-refractivity contribution in [2.75, 3.05) is 0 Å². The van der Waals surface area contributed by atoms with Crippen LogP contribution in [-0.2, 0) is 32.3 Å². The molecule has 2 fully saturated rings. The Labute approximate surface area is 338 Å². The van der Waals surface area contributed by atoms with E-state index in [9.17, 15) is 26.3 Å². The minimum absolute atomic E-state index is 0. The summed E-state index contributed by atoms with van der Waals surface area (Å²) in [7, 11) is 0. The maximum Gasteiger partial charge on any atom is -1.00 e. The molecular weight excluding hydrogens is 916 g/mol. The Balaban J connectivity index is 0.00000257. The zero-order valence-electron chi connectivity index (χ0n) is 31.1. The summed E-state index contributed by atoms with van der Waals surface area (Å²) < 4.78 is 83.6. The average molecular weight is 962 g/mol. The van der Waals surface area contributed by atoms with Crippen LogP contribution in [0.25, 0.3) is 34.4 Å². The fourth-order valence-corrected chi connectivity index (χ4v) is 46.1. The molecule has 1 aliphatic heterocycles. The molecule has 4 aromatic rings. The number of hydrogen-bond donors (Lipinski definition) is 0. The Morgan fingerprint density at radius 2 is 0.927 bits per heavy atom. The summed E-state index contributed by atoms with van der Waals surface area (Å²) in [5.41, 5.74) is 10.7. The molecule has 0 amide bonds. The van der Waals surface area contributed by atoms with E-state index in [0.29, 0.717) is 7.35 Å². The quantitative estimate of drug-likeness (QED) is 0.110. The van der Waals surface area contributed by atoms with Crippen molar-refractivity contribution in [3.63, 3.8) is 0 Å². The van der Waals surface area contributed by atoms with E-state index in [-0.39, 0.29) is 24.8 Å². The molecule has 55 heavy (non-hydrogen) atoms. The van der Waals surface area contributed by atoms with Crippen molar-refractivity contribution in [1.29, 1.82) is 0 Å². The van der Waals surface area contributed by atoms with Crippen molar-refractivity contribution in [1.82, 2.24) is 0 Å². The Kier molecular flexibility index (Phi) is 12.5. The van der Waals surface area contributed by atoms with Crippen LogP contribution in [0.4, 0.5) is 26.3 Å². The Morgan fingerprint density at radius 1 is 0.545 bits per heavy atom. The van der Waals surface area contributed by atoms with E-state index in [4.69, 9.17) is 0 Å². The molecule has 0 bridgehead atoms. The van der Waals surface area contributed by atoms with Crippen LogP contribution in [-0.4, -0.2) is 0 Å². The van der Waals surface area contributed by atoms with Gasteiger partial charge in [0.1, 0.15) is 0 Å². The van der Waals surface area contributed by atoms with Crippen LogP contribution in [0.1, 0.15) is 119 Å². The minimum Gasteiger partial charge on any atom is -1.00 e. The van der Waals surface area contributed by atoms with Gasteiger partial charge in [-0.3, -0.25) is 0 Å². The molecule has 0 nitrogen and oxygen atoms in total. The number of rotatable bonds is 10. The van der Waals surface area contributed by atoms with E-state index in [0.717, 1.165) is 68.1 Å².